The number of anilines is 1. The maximum Gasteiger partial charge on any atom is 0.165 e. The van der Waals surface area contributed by atoms with Gasteiger partial charge in [-0.2, -0.15) is 0 Å². The molecule has 1 saturated carbocycles. The van der Waals surface area contributed by atoms with Gasteiger partial charge in [-0.3, -0.25) is 0 Å². The Kier molecular flexibility index (Phi) is 3.19. The van der Waals surface area contributed by atoms with Crippen molar-refractivity contribution < 1.29 is 4.39 Å². The molecule has 2 atom stereocenters. The lowest BCUT2D eigenvalue weighted by Crippen LogP contribution is -2.17. The minimum Gasteiger partial charge on any atom is -0.367 e. The molecule has 0 aromatic carbocycles. The van der Waals surface area contributed by atoms with Crippen LogP contribution in [0.25, 0.3) is 0 Å². The summed E-state index contributed by atoms with van der Waals surface area (Å²) in [4.78, 5) is 3.98. The van der Waals surface area contributed by atoms with E-state index in [1.54, 1.807) is 12.3 Å². The number of aromatic nitrogens is 1. The lowest BCUT2D eigenvalue weighted by molar-refractivity contribution is 0.438. The predicted octanol–water partition coefficient (Wildman–Crippen LogP) is 3.07. The molecule has 1 heterocycles. The Morgan fingerprint density at radius 2 is 2.40 bits per heavy atom. The van der Waals surface area contributed by atoms with Crippen molar-refractivity contribution >= 4 is 5.82 Å². The summed E-state index contributed by atoms with van der Waals surface area (Å²) in [5, 5.41) is 3.10. The van der Waals surface area contributed by atoms with Gasteiger partial charge in [-0.1, -0.05) is 19.8 Å². The average Bonchev–Trinajstić information content (AvgIpc) is 2.63. The van der Waals surface area contributed by atoms with E-state index >= 15 is 0 Å². The Labute approximate surface area is 89.9 Å². The van der Waals surface area contributed by atoms with Gasteiger partial charge in [0.05, 0.1) is 0 Å². The third kappa shape index (κ3) is 2.46. The van der Waals surface area contributed by atoms with Crippen LogP contribution in [0.15, 0.2) is 18.3 Å². The molecule has 0 amide bonds. The molecule has 2 unspecified atom stereocenters. The molecule has 3 heteroatoms. The lowest BCUT2D eigenvalue weighted by Gasteiger charge is -2.16. The van der Waals surface area contributed by atoms with Crippen LogP contribution in [-0.4, -0.2) is 11.5 Å². The number of halogens is 1. The molecule has 15 heavy (non-hydrogen) atoms. The molecule has 0 aliphatic heterocycles. The SMILES string of the molecule is CC1CCCC1CNc1ncccc1F. The number of hydrogen-bond donors (Lipinski definition) is 1. The van der Waals surface area contributed by atoms with Crippen molar-refractivity contribution in [1.29, 1.82) is 0 Å². The number of nitrogens with zero attached hydrogens (tertiary/aromatic N) is 1. The molecule has 1 aromatic rings. The largest absolute Gasteiger partial charge is 0.367 e. The minimum atomic E-state index is -0.261. The molecule has 1 N–H and O–H groups in total. The van der Waals surface area contributed by atoms with Gasteiger partial charge >= 0.3 is 0 Å². The van der Waals surface area contributed by atoms with Crippen LogP contribution in [0.4, 0.5) is 10.2 Å². The molecule has 1 fully saturated rings. The molecular weight excluding hydrogens is 191 g/mol. The fourth-order valence-electron chi connectivity index (χ4n) is 2.27. The van der Waals surface area contributed by atoms with Crippen molar-refractivity contribution in [2.75, 3.05) is 11.9 Å². The van der Waals surface area contributed by atoms with Crippen molar-refractivity contribution in [2.24, 2.45) is 11.8 Å². The van der Waals surface area contributed by atoms with Crippen molar-refractivity contribution in [1.82, 2.24) is 4.98 Å². The van der Waals surface area contributed by atoms with E-state index in [0.717, 1.165) is 12.5 Å². The molecule has 2 rings (SSSR count). The van der Waals surface area contributed by atoms with Gasteiger partial charge in [-0.15, -0.1) is 0 Å². The number of pyridine rings is 1. The first kappa shape index (κ1) is 10.4. The molecule has 0 spiro atoms. The van der Waals surface area contributed by atoms with Crippen LogP contribution in [0.3, 0.4) is 0 Å². The number of nitrogens with one attached hydrogen (secondary N) is 1. The summed E-state index contributed by atoms with van der Waals surface area (Å²) in [5.41, 5.74) is 0. The highest BCUT2D eigenvalue weighted by Crippen LogP contribution is 2.31. The van der Waals surface area contributed by atoms with Crippen molar-refractivity contribution in [3.8, 4) is 0 Å². The summed E-state index contributed by atoms with van der Waals surface area (Å²) in [6.45, 7) is 3.11. The molecule has 0 radical (unpaired) electrons. The van der Waals surface area contributed by atoms with Gasteiger partial charge in [0.1, 0.15) is 0 Å². The van der Waals surface area contributed by atoms with Crippen LogP contribution in [-0.2, 0) is 0 Å². The van der Waals surface area contributed by atoms with E-state index in [0.29, 0.717) is 11.7 Å². The molecule has 1 aromatic heterocycles. The highest BCUT2D eigenvalue weighted by Gasteiger charge is 2.23. The van der Waals surface area contributed by atoms with Crippen LogP contribution >= 0.6 is 0 Å². The first-order valence-electron chi connectivity index (χ1n) is 5.62. The Balaban J connectivity index is 1.90. The zero-order valence-electron chi connectivity index (χ0n) is 9.04. The number of hydrogen-bond acceptors (Lipinski definition) is 2. The first-order valence-corrected chi connectivity index (χ1v) is 5.62. The monoisotopic (exact) mass is 208 g/mol. The zero-order chi connectivity index (χ0) is 10.7. The van der Waals surface area contributed by atoms with Crippen LogP contribution in [0, 0.1) is 17.7 Å². The molecule has 0 bridgehead atoms. The molecular formula is C12H17FN2. The van der Waals surface area contributed by atoms with Crippen LogP contribution in [0.2, 0.25) is 0 Å². The highest BCUT2D eigenvalue weighted by atomic mass is 19.1. The van der Waals surface area contributed by atoms with Gasteiger partial charge < -0.3 is 5.32 Å². The summed E-state index contributed by atoms with van der Waals surface area (Å²) in [6.07, 6.45) is 5.47. The second-order valence-corrected chi connectivity index (χ2v) is 4.38. The second-order valence-electron chi connectivity index (χ2n) is 4.38. The highest BCUT2D eigenvalue weighted by molar-refractivity contribution is 5.35. The van der Waals surface area contributed by atoms with Gasteiger partial charge in [-0.25, -0.2) is 9.37 Å². The Morgan fingerprint density at radius 3 is 3.07 bits per heavy atom. The normalized spacial score (nSPS) is 25.5. The standard InChI is InChI=1S/C12H17FN2/c1-9-4-2-5-10(9)8-15-12-11(13)6-3-7-14-12/h3,6-7,9-10H,2,4-5,8H2,1H3,(H,14,15). The van der Waals surface area contributed by atoms with E-state index in [-0.39, 0.29) is 5.82 Å². The smallest absolute Gasteiger partial charge is 0.165 e. The van der Waals surface area contributed by atoms with Crippen molar-refractivity contribution in [3.63, 3.8) is 0 Å². The quantitative estimate of drug-likeness (QED) is 0.825. The van der Waals surface area contributed by atoms with E-state index in [1.165, 1.54) is 25.3 Å². The van der Waals surface area contributed by atoms with E-state index < -0.39 is 0 Å². The molecule has 82 valence electrons. The van der Waals surface area contributed by atoms with E-state index in [2.05, 4.69) is 17.2 Å². The Morgan fingerprint density at radius 1 is 1.53 bits per heavy atom. The number of rotatable bonds is 3. The van der Waals surface area contributed by atoms with Crippen LogP contribution in [0.1, 0.15) is 26.2 Å². The third-order valence-corrected chi connectivity index (χ3v) is 3.33. The summed E-state index contributed by atoms with van der Waals surface area (Å²) in [7, 11) is 0. The zero-order valence-corrected chi connectivity index (χ0v) is 9.04. The third-order valence-electron chi connectivity index (χ3n) is 3.33. The first-order chi connectivity index (χ1) is 7.27. The van der Waals surface area contributed by atoms with E-state index in [1.807, 2.05) is 0 Å². The Hall–Kier alpha value is -1.12. The summed E-state index contributed by atoms with van der Waals surface area (Å²) < 4.78 is 13.2. The van der Waals surface area contributed by atoms with Crippen molar-refractivity contribution in [2.45, 2.75) is 26.2 Å². The van der Waals surface area contributed by atoms with Crippen molar-refractivity contribution in [3.05, 3.63) is 24.1 Å². The van der Waals surface area contributed by atoms with Crippen LogP contribution < -0.4 is 5.32 Å². The van der Waals surface area contributed by atoms with Gasteiger partial charge in [-0.05, 0) is 30.4 Å². The summed E-state index contributed by atoms with van der Waals surface area (Å²) in [5.74, 6) is 1.55. The summed E-state index contributed by atoms with van der Waals surface area (Å²) >= 11 is 0. The minimum absolute atomic E-state index is 0.261. The molecule has 1 aliphatic rings. The van der Waals surface area contributed by atoms with Crippen LogP contribution in [0.5, 0.6) is 0 Å². The fourth-order valence-corrected chi connectivity index (χ4v) is 2.27. The fraction of sp³-hybridized carbons (Fsp3) is 0.583. The van der Waals surface area contributed by atoms with E-state index in [9.17, 15) is 4.39 Å². The van der Waals surface area contributed by atoms with Gasteiger partial charge in [0.15, 0.2) is 11.6 Å². The average molecular weight is 208 g/mol. The maximum absolute atomic E-state index is 13.2. The lowest BCUT2D eigenvalue weighted by atomic mass is 9.98. The maximum atomic E-state index is 13.2. The summed E-state index contributed by atoms with van der Waals surface area (Å²) in [6, 6.07) is 3.05. The second kappa shape index (κ2) is 4.60. The van der Waals surface area contributed by atoms with Gasteiger partial charge in [0, 0.05) is 12.7 Å². The predicted molar refractivity (Wildman–Crippen MR) is 59.2 cm³/mol. The molecule has 0 saturated heterocycles. The Bertz CT molecular complexity index is 327. The van der Waals surface area contributed by atoms with Gasteiger partial charge in [0.25, 0.3) is 0 Å². The molecule has 2 nitrogen and oxygen atoms in total. The van der Waals surface area contributed by atoms with E-state index in [4.69, 9.17) is 0 Å². The topological polar surface area (TPSA) is 24.9 Å². The molecule has 1 aliphatic carbocycles. The van der Waals surface area contributed by atoms with Gasteiger partial charge in [0.2, 0.25) is 0 Å².